The van der Waals surface area contributed by atoms with Crippen molar-refractivity contribution in [2.24, 2.45) is 0 Å². The molecule has 0 radical (unpaired) electrons. The fourth-order valence-electron chi connectivity index (χ4n) is 3.00. The average molecular weight is 419 g/mol. The number of terminal acetylenes is 1. The molecule has 0 spiro atoms. The van der Waals surface area contributed by atoms with Crippen LogP contribution in [0.25, 0.3) is 0 Å². The summed E-state index contributed by atoms with van der Waals surface area (Å²) in [7, 11) is 0. The molecule has 152 valence electrons. The second kappa shape index (κ2) is 9.78. The average Bonchev–Trinajstić information content (AvgIpc) is 2.62. The van der Waals surface area contributed by atoms with E-state index >= 15 is 0 Å². The first-order chi connectivity index (χ1) is 13.2. The molecule has 28 heavy (non-hydrogen) atoms. The predicted molar refractivity (Wildman–Crippen MR) is 98.1 cm³/mol. The van der Waals surface area contributed by atoms with Gasteiger partial charge in [0.25, 0.3) is 11.8 Å². The van der Waals surface area contributed by atoms with Crippen molar-refractivity contribution < 1.29 is 32.6 Å². The lowest BCUT2D eigenvalue weighted by Gasteiger charge is -2.28. The molecular weight excluding hydrogens is 397 g/mol. The van der Waals surface area contributed by atoms with Crippen molar-refractivity contribution in [3.05, 3.63) is 28.8 Å². The minimum Gasteiger partial charge on any atom is -0.340 e. The van der Waals surface area contributed by atoms with E-state index in [1.54, 1.807) is 0 Å². The molecule has 0 unspecified atom stereocenters. The van der Waals surface area contributed by atoms with E-state index in [1.807, 2.05) is 0 Å². The molecule has 1 fully saturated rings. The maximum absolute atomic E-state index is 12.9. The fourth-order valence-corrected chi connectivity index (χ4v) is 3.23. The van der Waals surface area contributed by atoms with Gasteiger partial charge in [0.05, 0.1) is 17.1 Å². The summed E-state index contributed by atoms with van der Waals surface area (Å²) in [4.78, 5) is 25.9. The van der Waals surface area contributed by atoms with E-state index in [2.05, 4.69) is 16.6 Å². The largest absolute Gasteiger partial charge is 0.417 e. The van der Waals surface area contributed by atoms with Crippen molar-refractivity contribution in [3.8, 4) is 12.3 Å². The van der Waals surface area contributed by atoms with Crippen LogP contribution in [0.15, 0.2) is 18.2 Å². The van der Waals surface area contributed by atoms with Gasteiger partial charge in [0.2, 0.25) is 0 Å². The van der Waals surface area contributed by atoms with Crippen molar-refractivity contribution in [1.82, 2.24) is 5.32 Å². The number of piperazine rings is 1. The molecule has 0 aliphatic carbocycles. The van der Waals surface area contributed by atoms with Crippen LogP contribution in [0.1, 0.15) is 5.56 Å². The minimum atomic E-state index is -4.59. The lowest BCUT2D eigenvalue weighted by Crippen LogP contribution is -3.28. The van der Waals surface area contributed by atoms with Crippen LogP contribution in [-0.2, 0) is 15.8 Å². The van der Waals surface area contributed by atoms with Crippen LogP contribution < -0.4 is 20.4 Å². The van der Waals surface area contributed by atoms with Crippen LogP contribution in [0, 0.1) is 12.3 Å². The Hall–Kier alpha value is -2.28. The van der Waals surface area contributed by atoms with Crippen LogP contribution in [0.3, 0.4) is 0 Å². The van der Waals surface area contributed by atoms with Gasteiger partial charge in [-0.1, -0.05) is 17.5 Å². The summed E-state index contributed by atoms with van der Waals surface area (Å²) >= 11 is 5.57. The van der Waals surface area contributed by atoms with Gasteiger partial charge in [-0.25, -0.2) is 0 Å². The Morgan fingerprint density at radius 1 is 1.11 bits per heavy atom. The molecule has 2 rings (SSSR count). The number of carbonyl (C=O) groups excluding carboxylic acids is 2. The third kappa shape index (κ3) is 6.71. The monoisotopic (exact) mass is 418 g/mol. The highest BCUT2D eigenvalue weighted by Gasteiger charge is 2.33. The molecule has 1 heterocycles. The van der Waals surface area contributed by atoms with E-state index in [9.17, 15) is 22.8 Å². The topological polar surface area (TPSA) is 67.1 Å². The molecule has 2 amide bonds. The highest BCUT2D eigenvalue weighted by atomic mass is 35.5. The van der Waals surface area contributed by atoms with E-state index < -0.39 is 16.8 Å². The molecule has 1 aromatic carbocycles. The Morgan fingerprint density at radius 2 is 1.68 bits per heavy atom. The van der Waals surface area contributed by atoms with Crippen LogP contribution >= 0.6 is 11.6 Å². The molecular formula is C18H22ClF3N4O2+2. The summed E-state index contributed by atoms with van der Waals surface area (Å²) < 4.78 is 38.7. The van der Waals surface area contributed by atoms with Crippen LogP contribution in [-0.4, -0.2) is 57.6 Å². The number of carbonyl (C=O) groups is 2. The molecule has 1 aliphatic heterocycles. The van der Waals surface area contributed by atoms with E-state index in [1.165, 1.54) is 6.07 Å². The number of quaternary nitrogens is 2. The Bertz CT molecular complexity index is 756. The summed E-state index contributed by atoms with van der Waals surface area (Å²) in [5.74, 6) is 1.85. The normalized spacial score (nSPS) is 19.5. The number of nitrogens with one attached hydrogen (secondary N) is 4. The number of alkyl halides is 3. The predicted octanol–water partition coefficient (Wildman–Crippen LogP) is -1.17. The SMILES string of the molecule is C#CCNC(=O)C[NH+]1CC[NH+](CC(=O)Nc2ccc(Cl)c(C(F)(F)F)c2)CC1. The first-order valence-corrected chi connectivity index (χ1v) is 9.10. The number of benzene rings is 1. The highest BCUT2D eigenvalue weighted by molar-refractivity contribution is 6.31. The van der Waals surface area contributed by atoms with Crippen molar-refractivity contribution in [3.63, 3.8) is 0 Å². The molecule has 1 aliphatic rings. The van der Waals surface area contributed by atoms with E-state index in [0.29, 0.717) is 32.7 Å². The standard InChI is InChI=1S/C18H20ClF3N4O2/c1-2-5-23-16(27)11-25-6-8-26(9-7-25)12-17(28)24-13-3-4-15(19)14(10-13)18(20,21)22/h1,3-4,10H,5-9,11-12H2,(H,23,27)(H,24,28)/p+2. The quantitative estimate of drug-likeness (QED) is 0.440. The number of anilines is 1. The zero-order valence-corrected chi connectivity index (χ0v) is 15.8. The summed E-state index contributed by atoms with van der Waals surface area (Å²) in [5, 5.41) is 4.69. The molecule has 6 nitrogen and oxygen atoms in total. The lowest BCUT2D eigenvalue weighted by atomic mass is 10.2. The van der Waals surface area contributed by atoms with Gasteiger partial charge in [0.1, 0.15) is 26.2 Å². The summed E-state index contributed by atoms with van der Waals surface area (Å²) in [6.07, 6.45) is 0.503. The molecule has 0 saturated carbocycles. The van der Waals surface area contributed by atoms with Gasteiger partial charge in [0, 0.05) is 5.69 Å². The van der Waals surface area contributed by atoms with Gasteiger partial charge in [-0.2, -0.15) is 13.2 Å². The van der Waals surface area contributed by atoms with Crippen molar-refractivity contribution in [2.75, 3.05) is 51.1 Å². The van der Waals surface area contributed by atoms with Crippen LogP contribution in [0.2, 0.25) is 5.02 Å². The Morgan fingerprint density at radius 3 is 2.21 bits per heavy atom. The van der Waals surface area contributed by atoms with Gasteiger partial charge in [-0.05, 0) is 18.2 Å². The van der Waals surface area contributed by atoms with Crippen LogP contribution in [0.5, 0.6) is 0 Å². The summed E-state index contributed by atoms with van der Waals surface area (Å²) in [6, 6.07) is 3.27. The van der Waals surface area contributed by atoms with E-state index in [-0.39, 0.29) is 30.6 Å². The van der Waals surface area contributed by atoms with Crippen molar-refractivity contribution in [1.29, 1.82) is 0 Å². The molecule has 0 atom stereocenters. The number of amides is 2. The summed E-state index contributed by atoms with van der Waals surface area (Å²) in [5.41, 5.74) is -0.935. The third-order valence-corrected chi connectivity index (χ3v) is 4.76. The van der Waals surface area contributed by atoms with Gasteiger partial charge < -0.3 is 20.4 Å². The van der Waals surface area contributed by atoms with Crippen molar-refractivity contribution >= 4 is 29.1 Å². The molecule has 4 N–H and O–H groups in total. The molecule has 1 aromatic rings. The van der Waals surface area contributed by atoms with E-state index in [0.717, 1.165) is 21.9 Å². The zero-order valence-electron chi connectivity index (χ0n) is 15.1. The second-order valence-corrected chi connectivity index (χ2v) is 6.98. The number of halogens is 4. The van der Waals surface area contributed by atoms with Gasteiger partial charge >= 0.3 is 6.18 Å². The Labute approximate surface area is 166 Å². The zero-order chi connectivity index (χ0) is 20.7. The van der Waals surface area contributed by atoms with Gasteiger partial charge in [0.15, 0.2) is 13.1 Å². The van der Waals surface area contributed by atoms with Gasteiger partial charge in [-0.3, -0.25) is 9.59 Å². The summed E-state index contributed by atoms with van der Waals surface area (Å²) in [6.45, 7) is 3.45. The van der Waals surface area contributed by atoms with Crippen molar-refractivity contribution in [2.45, 2.75) is 6.18 Å². The van der Waals surface area contributed by atoms with E-state index in [4.69, 9.17) is 18.0 Å². The second-order valence-electron chi connectivity index (χ2n) is 6.57. The number of hydrogen-bond donors (Lipinski definition) is 4. The first-order valence-electron chi connectivity index (χ1n) is 8.73. The molecule has 10 heteroatoms. The number of hydrogen-bond acceptors (Lipinski definition) is 2. The molecule has 1 saturated heterocycles. The number of rotatable bonds is 6. The molecule has 0 bridgehead atoms. The highest BCUT2D eigenvalue weighted by Crippen LogP contribution is 2.36. The van der Waals surface area contributed by atoms with Crippen LogP contribution in [0.4, 0.5) is 18.9 Å². The maximum atomic E-state index is 12.9. The maximum Gasteiger partial charge on any atom is 0.417 e. The third-order valence-electron chi connectivity index (χ3n) is 4.43. The minimum absolute atomic E-state index is 0.0515. The lowest BCUT2D eigenvalue weighted by molar-refractivity contribution is -1.00. The smallest absolute Gasteiger partial charge is 0.340 e. The fraction of sp³-hybridized carbons (Fsp3) is 0.444. The first kappa shape index (κ1) is 22.0. The molecule has 0 aromatic heterocycles. The Kier molecular flexibility index (Phi) is 7.69. The van der Waals surface area contributed by atoms with Gasteiger partial charge in [-0.15, -0.1) is 6.42 Å². The Balaban J connectivity index is 1.81.